The van der Waals surface area contributed by atoms with E-state index in [1.54, 1.807) is 0 Å². The maximum atomic E-state index is 2.45. The summed E-state index contributed by atoms with van der Waals surface area (Å²) in [6.45, 7) is 2.26. The number of rotatable bonds is 9. The molecule has 1 heterocycles. The Labute approximate surface area is 358 Å². The van der Waals surface area contributed by atoms with Gasteiger partial charge in [-0.2, -0.15) is 0 Å². The smallest absolute Gasteiger partial charge is 0.0541 e. The van der Waals surface area contributed by atoms with E-state index < -0.39 is 0 Å². The van der Waals surface area contributed by atoms with Crippen LogP contribution in [0.2, 0.25) is 0 Å². The highest BCUT2D eigenvalue weighted by atomic mass is 15.1. The average molecular weight is 783 g/mol. The predicted octanol–water partition coefficient (Wildman–Crippen LogP) is 16.4. The summed E-state index contributed by atoms with van der Waals surface area (Å²) in [5, 5.41) is 7.65. The topological polar surface area (TPSA) is 8.17 Å². The molecule has 0 atom stereocenters. The molecule has 2 nitrogen and oxygen atoms in total. The Morgan fingerprint density at radius 1 is 0.443 bits per heavy atom. The molecule has 2 heteroatoms. The molecule has 1 aromatic heterocycles. The molecule has 0 radical (unpaired) electrons. The van der Waals surface area contributed by atoms with Crippen molar-refractivity contribution in [2.45, 2.75) is 32.6 Å². The summed E-state index contributed by atoms with van der Waals surface area (Å²) in [7, 11) is 0. The van der Waals surface area contributed by atoms with Gasteiger partial charge in [0.15, 0.2) is 0 Å². The lowest BCUT2D eigenvalue weighted by Crippen LogP contribution is -2.16. The number of para-hydroxylation sites is 1. The molecule has 1 aliphatic rings. The van der Waals surface area contributed by atoms with Crippen LogP contribution >= 0.6 is 0 Å². The van der Waals surface area contributed by atoms with Crippen LogP contribution in [0.15, 0.2) is 218 Å². The standard InChI is InChI=1S/C59H46N2/c1-2-16-41-27-37-56-54(39-41)55-40-45(42-28-33-48(34-29-42)60(46-19-8-4-9-20-46)47-21-10-5-11-22-47)32-38-57(55)61(56)49-35-30-44(31-36-49)59-52-25-14-12-23-50(52)58(43-17-6-3-7-18-43)51-24-13-15-26-53(51)59/h3-4,6-10,12-15,17-40H,2,5,11,16H2,1H3. The molecule has 0 fully saturated rings. The molecule has 1 aliphatic carbocycles. The Hall–Kier alpha value is -7.42. The van der Waals surface area contributed by atoms with Crippen molar-refractivity contribution in [1.82, 2.24) is 4.57 Å². The summed E-state index contributed by atoms with van der Waals surface area (Å²) in [6, 6.07) is 71.8. The van der Waals surface area contributed by atoms with E-state index in [0.717, 1.165) is 37.1 Å². The van der Waals surface area contributed by atoms with E-state index in [9.17, 15) is 0 Å². The fourth-order valence-corrected chi connectivity index (χ4v) is 9.70. The summed E-state index contributed by atoms with van der Waals surface area (Å²) >= 11 is 0. The third kappa shape index (κ3) is 6.53. The van der Waals surface area contributed by atoms with Gasteiger partial charge in [0.2, 0.25) is 0 Å². The van der Waals surface area contributed by atoms with Gasteiger partial charge in [0.1, 0.15) is 0 Å². The molecule has 0 saturated carbocycles. The molecule has 0 amide bonds. The first-order valence-corrected chi connectivity index (χ1v) is 21.7. The summed E-state index contributed by atoms with van der Waals surface area (Å²) in [5.41, 5.74) is 16.0. The minimum atomic E-state index is 1.06. The van der Waals surface area contributed by atoms with Crippen LogP contribution in [0.4, 0.5) is 11.4 Å². The Kier molecular flexibility index (Phi) is 9.39. The summed E-state index contributed by atoms with van der Waals surface area (Å²) < 4.78 is 2.45. The molecule has 0 aliphatic heterocycles. The molecule has 292 valence electrons. The van der Waals surface area contributed by atoms with Crippen LogP contribution in [0, 0.1) is 0 Å². The number of nitrogens with zero attached hydrogens (tertiary/aromatic N) is 2. The minimum absolute atomic E-state index is 1.06. The first-order valence-electron chi connectivity index (χ1n) is 21.7. The van der Waals surface area contributed by atoms with Crippen molar-refractivity contribution >= 4 is 54.7 Å². The highest BCUT2D eigenvalue weighted by Crippen LogP contribution is 2.44. The fraction of sp³-hybridized carbons (Fsp3) is 0.0847. The Bertz CT molecular complexity index is 3220. The van der Waals surface area contributed by atoms with Gasteiger partial charge in [0.25, 0.3) is 0 Å². The van der Waals surface area contributed by atoms with Crippen molar-refractivity contribution in [3.8, 4) is 39.1 Å². The fourth-order valence-electron chi connectivity index (χ4n) is 9.70. The van der Waals surface area contributed by atoms with Gasteiger partial charge < -0.3 is 9.47 Å². The Morgan fingerprint density at radius 3 is 1.57 bits per heavy atom. The SMILES string of the molecule is CCCc1ccc2c(c1)c1cc(-c3ccc(N(C4=CCCC=C4)c4ccccc4)cc3)ccc1n2-c1ccc(-c2c3ccccc3c(-c3ccccc3)c3ccccc23)cc1. The molecule has 0 saturated heterocycles. The molecule has 0 bridgehead atoms. The first kappa shape index (κ1) is 36.6. The third-order valence-corrected chi connectivity index (χ3v) is 12.5. The van der Waals surface area contributed by atoms with E-state index in [1.807, 2.05) is 0 Å². The molecule has 0 N–H and O–H groups in total. The first-order chi connectivity index (χ1) is 30.2. The normalized spacial score (nSPS) is 12.7. The number of fused-ring (bicyclic) bond motifs is 5. The van der Waals surface area contributed by atoms with Gasteiger partial charge in [-0.3, -0.25) is 0 Å². The summed E-state index contributed by atoms with van der Waals surface area (Å²) in [5.74, 6) is 0. The molecule has 9 aromatic carbocycles. The van der Waals surface area contributed by atoms with E-state index in [2.05, 4.69) is 229 Å². The second-order valence-electron chi connectivity index (χ2n) is 16.2. The minimum Gasteiger partial charge on any atom is -0.311 e. The summed E-state index contributed by atoms with van der Waals surface area (Å²) in [4.78, 5) is 2.36. The number of hydrogen-bond donors (Lipinski definition) is 0. The largest absolute Gasteiger partial charge is 0.311 e. The van der Waals surface area contributed by atoms with Crippen LogP contribution in [-0.2, 0) is 6.42 Å². The third-order valence-electron chi connectivity index (χ3n) is 12.5. The number of aryl methyl sites for hydroxylation is 1. The lowest BCUT2D eigenvalue weighted by atomic mass is 9.86. The van der Waals surface area contributed by atoms with E-state index in [1.165, 1.54) is 93.7 Å². The molecule has 0 spiro atoms. The van der Waals surface area contributed by atoms with Gasteiger partial charge >= 0.3 is 0 Å². The van der Waals surface area contributed by atoms with Crippen LogP contribution in [0.1, 0.15) is 31.7 Å². The molecular weight excluding hydrogens is 737 g/mol. The van der Waals surface area contributed by atoms with Gasteiger partial charge in [0.05, 0.1) is 11.0 Å². The van der Waals surface area contributed by atoms with Crippen LogP contribution in [0.25, 0.3) is 82.4 Å². The number of hydrogen-bond acceptors (Lipinski definition) is 1. The number of allylic oxidation sites excluding steroid dienone is 3. The Balaban J connectivity index is 1.01. The van der Waals surface area contributed by atoms with Gasteiger partial charge in [-0.15, -0.1) is 0 Å². The zero-order valence-corrected chi connectivity index (χ0v) is 34.4. The van der Waals surface area contributed by atoms with Crippen molar-refractivity contribution in [1.29, 1.82) is 0 Å². The monoisotopic (exact) mass is 782 g/mol. The van der Waals surface area contributed by atoms with Crippen LogP contribution in [0.3, 0.4) is 0 Å². The van der Waals surface area contributed by atoms with E-state index in [4.69, 9.17) is 0 Å². The average Bonchev–Trinajstić information content (AvgIpc) is 3.65. The van der Waals surface area contributed by atoms with E-state index in [-0.39, 0.29) is 0 Å². The van der Waals surface area contributed by atoms with Gasteiger partial charge in [-0.05, 0) is 146 Å². The summed E-state index contributed by atoms with van der Waals surface area (Å²) in [6.07, 6.45) is 11.2. The van der Waals surface area contributed by atoms with Crippen molar-refractivity contribution in [2.24, 2.45) is 0 Å². The zero-order valence-electron chi connectivity index (χ0n) is 34.4. The predicted molar refractivity (Wildman–Crippen MR) is 261 cm³/mol. The molecule has 10 aromatic rings. The van der Waals surface area contributed by atoms with E-state index in [0.29, 0.717) is 0 Å². The molecular formula is C59H46N2. The maximum Gasteiger partial charge on any atom is 0.0541 e. The van der Waals surface area contributed by atoms with Gasteiger partial charge in [-0.1, -0.05) is 159 Å². The number of benzene rings is 9. The van der Waals surface area contributed by atoms with Crippen LogP contribution < -0.4 is 4.90 Å². The van der Waals surface area contributed by atoms with E-state index >= 15 is 0 Å². The quantitative estimate of drug-likeness (QED) is 0.132. The highest BCUT2D eigenvalue weighted by molar-refractivity contribution is 6.21. The zero-order chi connectivity index (χ0) is 40.7. The lowest BCUT2D eigenvalue weighted by Gasteiger charge is -2.27. The molecule has 0 unspecified atom stereocenters. The van der Waals surface area contributed by atoms with Gasteiger partial charge in [-0.25, -0.2) is 0 Å². The number of aromatic nitrogens is 1. The van der Waals surface area contributed by atoms with Crippen LogP contribution in [0.5, 0.6) is 0 Å². The van der Waals surface area contributed by atoms with Crippen molar-refractivity contribution < 1.29 is 0 Å². The second-order valence-corrected chi connectivity index (χ2v) is 16.2. The van der Waals surface area contributed by atoms with Crippen molar-refractivity contribution in [2.75, 3.05) is 4.90 Å². The highest BCUT2D eigenvalue weighted by Gasteiger charge is 2.19. The Morgan fingerprint density at radius 2 is 0.967 bits per heavy atom. The lowest BCUT2D eigenvalue weighted by molar-refractivity contribution is 0.923. The molecule has 11 rings (SSSR count). The van der Waals surface area contributed by atoms with Crippen LogP contribution in [-0.4, -0.2) is 4.57 Å². The maximum absolute atomic E-state index is 2.45. The second kappa shape index (κ2) is 15.6. The van der Waals surface area contributed by atoms with Gasteiger partial charge in [0, 0.05) is 33.5 Å². The van der Waals surface area contributed by atoms with Crippen molar-refractivity contribution in [3.05, 3.63) is 224 Å². The molecule has 61 heavy (non-hydrogen) atoms. The van der Waals surface area contributed by atoms with Crippen molar-refractivity contribution in [3.63, 3.8) is 0 Å². The number of anilines is 2.